The van der Waals surface area contributed by atoms with Crippen molar-refractivity contribution < 1.29 is 4.79 Å². The number of carbonyl (C=O) groups is 1. The smallest absolute Gasteiger partial charge is 0.264 e. The summed E-state index contributed by atoms with van der Waals surface area (Å²) in [5, 5.41) is 11.6. The van der Waals surface area contributed by atoms with Crippen molar-refractivity contribution in [1.82, 2.24) is 29.1 Å². The topological polar surface area (TPSA) is 99.6 Å². The van der Waals surface area contributed by atoms with E-state index in [4.69, 9.17) is 0 Å². The highest BCUT2D eigenvalue weighted by molar-refractivity contribution is 5.90. The molecule has 4 rings (SSSR count). The van der Waals surface area contributed by atoms with E-state index >= 15 is 0 Å². The summed E-state index contributed by atoms with van der Waals surface area (Å²) in [6, 6.07) is 7.79. The van der Waals surface area contributed by atoms with Gasteiger partial charge in [-0.25, -0.2) is 9.67 Å². The first-order valence-corrected chi connectivity index (χ1v) is 9.14. The SMILES string of the molecule is Cc1cc(C)cc(-n2ncc3c(=O)n(CC(=O)Nc4cc(C)nn4C)cnc32)c1. The molecule has 0 radical (unpaired) electrons. The van der Waals surface area contributed by atoms with Crippen LogP contribution in [0.25, 0.3) is 16.7 Å². The van der Waals surface area contributed by atoms with Crippen LogP contribution in [0.1, 0.15) is 16.8 Å². The lowest BCUT2D eigenvalue weighted by atomic mass is 10.1. The Balaban J connectivity index is 1.64. The predicted octanol–water partition coefficient (Wildman–Crippen LogP) is 1.88. The zero-order valence-corrected chi connectivity index (χ0v) is 16.7. The fraction of sp³-hybridized carbons (Fsp3) is 0.250. The van der Waals surface area contributed by atoms with E-state index in [1.165, 1.54) is 17.1 Å². The number of benzene rings is 1. The summed E-state index contributed by atoms with van der Waals surface area (Å²) in [7, 11) is 1.74. The minimum atomic E-state index is -0.335. The molecule has 1 amide bonds. The molecule has 0 bridgehead atoms. The molecule has 0 saturated heterocycles. The molecule has 29 heavy (non-hydrogen) atoms. The quantitative estimate of drug-likeness (QED) is 0.573. The van der Waals surface area contributed by atoms with E-state index in [1.807, 2.05) is 32.9 Å². The van der Waals surface area contributed by atoms with E-state index in [0.717, 1.165) is 22.5 Å². The maximum atomic E-state index is 12.8. The predicted molar refractivity (Wildman–Crippen MR) is 109 cm³/mol. The second-order valence-corrected chi connectivity index (χ2v) is 7.16. The Morgan fingerprint density at radius 3 is 2.48 bits per heavy atom. The van der Waals surface area contributed by atoms with Crippen molar-refractivity contribution in [2.24, 2.45) is 7.05 Å². The number of amides is 1. The summed E-state index contributed by atoms with van der Waals surface area (Å²) in [6.07, 6.45) is 2.86. The van der Waals surface area contributed by atoms with Crippen LogP contribution in [0.3, 0.4) is 0 Å². The van der Waals surface area contributed by atoms with E-state index in [2.05, 4.69) is 26.6 Å². The fourth-order valence-corrected chi connectivity index (χ4v) is 3.39. The summed E-state index contributed by atoms with van der Waals surface area (Å²) in [5.74, 6) is 0.232. The zero-order chi connectivity index (χ0) is 20.7. The van der Waals surface area contributed by atoms with Crippen LogP contribution in [0.4, 0.5) is 5.82 Å². The number of fused-ring (bicyclic) bond motifs is 1. The Kier molecular flexibility index (Phi) is 4.50. The van der Waals surface area contributed by atoms with Crippen molar-refractivity contribution in [1.29, 1.82) is 0 Å². The molecule has 9 nitrogen and oxygen atoms in total. The third-order valence-corrected chi connectivity index (χ3v) is 4.59. The van der Waals surface area contributed by atoms with Gasteiger partial charge in [0.15, 0.2) is 5.65 Å². The Hall–Kier alpha value is -3.75. The second kappa shape index (κ2) is 7.01. The first-order chi connectivity index (χ1) is 13.8. The van der Waals surface area contributed by atoms with E-state index in [1.54, 1.807) is 22.5 Å². The number of aryl methyl sites for hydroxylation is 4. The maximum Gasteiger partial charge on any atom is 0.264 e. The lowest BCUT2D eigenvalue weighted by Gasteiger charge is -2.08. The van der Waals surface area contributed by atoms with Crippen molar-refractivity contribution in [2.75, 3.05) is 5.32 Å². The van der Waals surface area contributed by atoms with Gasteiger partial charge in [-0.3, -0.25) is 18.8 Å². The number of carbonyl (C=O) groups excluding carboxylic acids is 1. The van der Waals surface area contributed by atoms with E-state index in [0.29, 0.717) is 16.9 Å². The molecule has 4 aromatic rings. The molecule has 1 N–H and O–H groups in total. The number of hydrogen-bond donors (Lipinski definition) is 1. The first kappa shape index (κ1) is 18.6. The highest BCUT2D eigenvalue weighted by Gasteiger charge is 2.14. The highest BCUT2D eigenvalue weighted by Crippen LogP contribution is 2.17. The molecule has 1 aromatic carbocycles. The number of nitrogens with zero attached hydrogens (tertiary/aromatic N) is 6. The van der Waals surface area contributed by atoms with Gasteiger partial charge in [-0.1, -0.05) is 6.07 Å². The van der Waals surface area contributed by atoms with Crippen molar-refractivity contribution >= 4 is 22.8 Å². The van der Waals surface area contributed by atoms with Crippen LogP contribution in [-0.4, -0.2) is 35.0 Å². The standard InChI is InChI=1S/C20H21N7O2/c1-12-5-13(2)7-15(6-12)27-19-16(9-22-27)20(29)26(11-21-19)10-18(28)23-17-8-14(3)24-25(17)4/h5-9,11H,10H2,1-4H3,(H,23,28). The van der Waals surface area contributed by atoms with E-state index in [9.17, 15) is 9.59 Å². The third-order valence-electron chi connectivity index (χ3n) is 4.59. The Morgan fingerprint density at radius 2 is 1.83 bits per heavy atom. The molecule has 0 aliphatic carbocycles. The first-order valence-electron chi connectivity index (χ1n) is 9.14. The molecular formula is C20H21N7O2. The van der Waals surface area contributed by atoms with Gasteiger partial charge in [0.05, 0.1) is 17.6 Å². The van der Waals surface area contributed by atoms with Crippen LogP contribution in [-0.2, 0) is 18.4 Å². The van der Waals surface area contributed by atoms with Gasteiger partial charge in [0.1, 0.15) is 24.1 Å². The molecule has 9 heteroatoms. The lowest BCUT2D eigenvalue weighted by Crippen LogP contribution is -2.28. The summed E-state index contributed by atoms with van der Waals surface area (Å²) in [5.41, 5.74) is 3.97. The molecule has 148 valence electrons. The van der Waals surface area contributed by atoms with Gasteiger partial charge >= 0.3 is 0 Å². The average molecular weight is 391 g/mol. The van der Waals surface area contributed by atoms with Crippen LogP contribution >= 0.6 is 0 Å². The van der Waals surface area contributed by atoms with Gasteiger partial charge in [0.2, 0.25) is 5.91 Å². The summed E-state index contributed by atoms with van der Waals surface area (Å²) in [6.45, 7) is 5.70. The minimum absolute atomic E-state index is 0.152. The maximum absolute atomic E-state index is 12.8. The van der Waals surface area contributed by atoms with Gasteiger partial charge in [-0.2, -0.15) is 10.2 Å². The molecule has 0 atom stereocenters. The molecule has 0 fully saturated rings. The summed E-state index contributed by atoms with van der Waals surface area (Å²) >= 11 is 0. The van der Waals surface area contributed by atoms with Crippen molar-refractivity contribution in [3.05, 3.63) is 64.0 Å². The zero-order valence-electron chi connectivity index (χ0n) is 16.7. The van der Waals surface area contributed by atoms with Crippen molar-refractivity contribution in [3.8, 4) is 5.69 Å². The third kappa shape index (κ3) is 3.54. The molecule has 0 aliphatic rings. The van der Waals surface area contributed by atoms with Gasteiger partial charge in [0, 0.05) is 13.1 Å². The van der Waals surface area contributed by atoms with Gasteiger partial charge < -0.3 is 5.32 Å². The van der Waals surface area contributed by atoms with Crippen molar-refractivity contribution in [2.45, 2.75) is 27.3 Å². The molecular weight excluding hydrogens is 370 g/mol. The van der Waals surface area contributed by atoms with Crippen LogP contribution in [0.2, 0.25) is 0 Å². The summed E-state index contributed by atoms with van der Waals surface area (Å²) < 4.78 is 4.49. The molecule has 0 spiro atoms. The van der Waals surface area contributed by atoms with Gasteiger partial charge in [-0.05, 0) is 44.0 Å². The lowest BCUT2D eigenvalue weighted by molar-refractivity contribution is -0.116. The van der Waals surface area contributed by atoms with Crippen LogP contribution in [0, 0.1) is 20.8 Å². The van der Waals surface area contributed by atoms with Crippen LogP contribution in [0.5, 0.6) is 0 Å². The van der Waals surface area contributed by atoms with Crippen molar-refractivity contribution in [3.63, 3.8) is 0 Å². The molecule has 0 aliphatic heterocycles. The number of nitrogens with one attached hydrogen (secondary N) is 1. The number of aromatic nitrogens is 6. The van der Waals surface area contributed by atoms with Crippen LogP contribution < -0.4 is 10.9 Å². The number of rotatable bonds is 4. The average Bonchev–Trinajstić information content (AvgIpc) is 3.20. The Bertz CT molecular complexity index is 1280. The molecule has 0 unspecified atom stereocenters. The van der Waals surface area contributed by atoms with Crippen LogP contribution in [0.15, 0.2) is 41.6 Å². The van der Waals surface area contributed by atoms with E-state index in [-0.39, 0.29) is 18.0 Å². The van der Waals surface area contributed by atoms with E-state index < -0.39 is 0 Å². The summed E-state index contributed by atoms with van der Waals surface area (Å²) in [4.78, 5) is 29.6. The molecule has 3 aromatic heterocycles. The minimum Gasteiger partial charge on any atom is -0.309 e. The fourth-order valence-electron chi connectivity index (χ4n) is 3.39. The normalized spacial score (nSPS) is 11.2. The molecule has 3 heterocycles. The largest absolute Gasteiger partial charge is 0.309 e. The van der Waals surface area contributed by atoms with Gasteiger partial charge in [-0.15, -0.1) is 0 Å². The Labute approximate surface area is 166 Å². The number of anilines is 1. The highest BCUT2D eigenvalue weighted by atomic mass is 16.2. The molecule has 0 saturated carbocycles. The number of hydrogen-bond acceptors (Lipinski definition) is 5. The Morgan fingerprint density at radius 1 is 1.10 bits per heavy atom. The monoisotopic (exact) mass is 391 g/mol. The van der Waals surface area contributed by atoms with Gasteiger partial charge in [0.25, 0.3) is 5.56 Å². The second-order valence-electron chi connectivity index (χ2n) is 7.16.